The Morgan fingerprint density at radius 2 is 2.14 bits per heavy atom. The molecule has 1 saturated heterocycles. The highest BCUT2D eigenvalue weighted by molar-refractivity contribution is 5.99. The smallest absolute Gasteiger partial charge is 0.341 e. The van der Waals surface area contributed by atoms with Gasteiger partial charge < -0.3 is 25.6 Å². The van der Waals surface area contributed by atoms with Gasteiger partial charge in [-0.1, -0.05) is 6.92 Å². The fourth-order valence-electron chi connectivity index (χ4n) is 4.44. The Kier molecular flexibility index (Phi) is 4.98. The second-order valence-electron chi connectivity index (χ2n) is 8.17. The summed E-state index contributed by atoms with van der Waals surface area (Å²) < 4.78 is 17.0. The Labute approximate surface area is 168 Å². The summed E-state index contributed by atoms with van der Waals surface area (Å²) in [4.78, 5) is 26.2. The van der Waals surface area contributed by atoms with Gasteiger partial charge in [0.1, 0.15) is 5.56 Å². The zero-order valence-electron chi connectivity index (χ0n) is 16.7. The first kappa shape index (κ1) is 19.7. The van der Waals surface area contributed by atoms with E-state index >= 15 is 4.39 Å². The molecule has 2 heterocycles. The summed E-state index contributed by atoms with van der Waals surface area (Å²) >= 11 is 0. The highest BCUT2D eigenvalue weighted by Crippen LogP contribution is 2.40. The molecule has 1 aliphatic heterocycles. The van der Waals surface area contributed by atoms with Gasteiger partial charge >= 0.3 is 5.97 Å². The van der Waals surface area contributed by atoms with Crippen LogP contribution in [0.3, 0.4) is 0 Å². The number of pyridine rings is 1. The number of nitrogen functional groups attached to an aromatic ring is 1. The summed E-state index contributed by atoms with van der Waals surface area (Å²) in [6, 6.07) is 2.12. The highest BCUT2D eigenvalue weighted by Gasteiger charge is 2.32. The zero-order chi connectivity index (χ0) is 20.9. The van der Waals surface area contributed by atoms with Crippen molar-refractivity contribution in [3.63, 3.8) is 0 Å². The van der Waals surface area contributed by atoms with E-state index in [1.54, 1.807) is 10.6 Å². The van der Waals surface area contributed by atoms with Gasteiger partial charge in [0.15, 0.2) is 5.82 Å². The van der Waals surface area contributed by atoms with E-state index < -0.39 is 17.2 Å². The number of hydrogen-bond acceptors (Lipinski definition) is 5. The molecule has 0 bridgehead atoms. The lowest BCUT2D eigenvalue weighted by atomic mass is 10.0. The van der Waals surface area contributed by atoms with E-state index in [0.29, 0.717) is 36.3 Å². The molecule has 0 unspecified atom stereocenters. The van der Waals surface area contributed by atoms with E-state index in [2.05, 4.69) is 19.2 Å². The second kappa shape index (κ2) is 7.33. The van der Waals surface area contributed by atoms with E-state index in [1.165, 1.54) is 6.20 Å². The number of aromatic nitrogens is 1. The van der Waals surface area contributed by atoms with Crippen LogP contribution in [0.5, 0.6) is 0 Å². The van der Waals surface area contributed by atoms with Crippen LogP contribution in [0.4, 0.5) is 15.8 Å². The first-order valence-electron chi connectivity index (χ1n) is 10.2. The van der Waals surface area contributed by atoms with Crippen LogP contribution in [-0.2, 0) is 0 Å². The molecule has 1 aliphatic carbocycles. The predicted octanol–water partition coefficient (Wildman–Crippen LogP) is 2.58. The van der Waals surface area contributed by atoms with E-state index in [0.717, 1.165) is 25.8 Å². The van der Waals surface area contributed by atoms with Crippen molar-refractivity contribution >= 4 is 28.2 Å². The molecule has 7 nitrogen and oxygen atoms in total. The second-order valence-corrected chi connectivity index (χ2v) is 8.17. The average molecular weight is 402 g/mol. The van der Waals surface area contributed by atoms with E-state index in [1.807, 2.05) is 4.90 Å². The summed E-state index contributed by atoms with van der Waals surface area (Å²) in [5.41, 5.74) is 5.61. The molecule has 0 radical (unpaired) electrons. The van der Waals surface area contributed by atoms with Crippen LogP contribution in [0.1, 0.15) is 49.5 Å². The maximum absolute atomic E-state index is 15.2. The number of nitrogens with zero attached hydrogens (tertiary/aromatic N) is 2. The molecule has 2 aromatic rings. The number of carboxylic acids is 1. The van der Waals surface area contributed by atoms with Gasteiger partial charge in [-0.15, -0.1) is 0 Å². The van der Waals surface area contributed by atoms with Gasteiger partial charge in [0.25, 0.3) is 0 Å². The van der Waals surface area contributed by atoms with E-state index in [-0.39, 0.29) is 22.7 Å². The quantitative estimate of drug-likeness (QED) is 0.642. The van der Waals surface area contributed by atoms with Crippen molar-refractivity contribution in [1.29, 1.82) is 0 Å². The average Bonchev–Trinajstić information content (AvgIpc) is 3.40. The molecule has 0 spiro atoms. The summed E-state index contributed by atoms with van der Waals surface area (Å²) in [6.45, 7) is 6.50. The van der Waals surface area contributed by atoms with Crippen LogP contribution in [0.25, 0.3) is 10.9 Å². The SMILES string of the molecule is CCN[C@H](C)[C@@H]1CCN(c2cc3c(c(N)c2F)c(=O)c(C(=O)O)cn3C2CC2)C1. The number of hydrogen-bond donors (Lipinski definition) is 3. The molecule has 29 heavy (non-hydrogen) atoms. The van der Waals surface area contributed by atoms with Gasteiger partial charge in [-0.3, -0.25) is 4.79 Å². The standard InChI is InChI=1S/C21H27FN4O3/c1-3-24-11(2)12-6-7-25(9-12)16-8-15-17(19(23)18(16)22)20(27)14(21(28)29)10-26(15)13-4-5-13/h8,10-13,24H,3-7,9,23H2,1-2H3,(H,28,29)/t11-,12-/m1/s1. The Morgan fingerprint density at radius 1 is 1.41 bits per heavy atom. The van der Waals surface area contributed by atoms with Gasteiger partial charge in [0.2, 0.25) is 5.43 Å². The first-order valence-corrected chi connectivity index (χ1v) is 10.2. The van der Waals surface area contributed by atoms with Gasteiger partial charge in [0, 0.05) is 31.4 Å². The minimum absolute atomic E-state index is 0.0326. The minimum atomic E-state index is -1.32. The van der Waals surface area contributed by atoms with Gasteiger partial charge in [-0.25, -0.2) is 9.18 Å². The predicted molar refractivity (Wildman–Crippen MR) is 111 cm³/mol. The Hall–Kier alpha value is -2.61. The fraction of sp³-hybridized carbons (Fsp3) is 0.524. The Morgan fingerprint density at radius 3 is 2.76 bits per heavy atom. The third-order valence-electron chi connectivity index (χ3n) is 6.25. The molecule has 1 saturated carbocycles. The van der Waals surface area contributed by atoms with Gasteiger partial charge in [-0.2, -0.15) is 0 Å². The van der Waals surface area contributed by atoms with Crippen molar-refractivity contribution in [3.8, 4) is 0 Å². The fourth-order valence-corrected chi connectivity index (χ4v) is 4.44. The number of rotatable bonds is 6. The van der Waals surface area contributed by atoms with Crippen LogP contribution in [-0.4, -0.2) is 41.3 Å². The van der Waals surface area contributed by atoms with Gasteiger partial charge in [-0.05, 0) is 44.7 Å². The molecule has 1 aromatic heterocycles. The molecule has 1 aromatic carbocycles. The number of carboxylic acid groups (broad SMARTS) is 1. The van der Waals surface area contributed by atoms with Crippen LogP contribution >= 0.6 is 0 Å². The molecule has 4 N–H and O–H groups in total. The zero-order valence-corrected chi connectivity index (χ0v) is 16.7. The number of carbonyl (C=O) groups is 1. The van der Waals surface area contributed by atoms with E-state index in [4.69, 9.17) is 5.73 Å². The lowest BCUT2D eigenvalue weighted by Crippen LogP contribution is -2.35. The molecule has 8 heteroatoms. The van der Waals surface area contributed by atoms with Crippen molar-refractivity contribution < 1.29 is 14.3 Å². The molecular formula is C21H27FN4O3. The maximum atomic E-state index is 15.2. The number of halogens is 1. The minimum Gasteiger partial charge on any atom is -0.477 e. The van der Waals surface area contributed by atoms with Crippen molar-refractivity contribution in [2.45, 2.75) is 45.2 Å². The van der Waals surface area contributed by atoms with Crippen LogP contribution in [0, 0.1) is 11.7 Å². The number of nitrogens with two attached hydrogens (primary N) is 1. The van der Waals surface area contributed by atoms with Crippen LogP contribution in [0.15, 0.2) is 17.1 Å². The largest absolute Gasteiger partial charge is 0.477 e. The molecule has 156 valence electrons. The normalized spacial score (nSPS) is 20.4. The third kappa shape index (κ3) is 3.35. The molecule has 2 fully saturated rings. The summed E-state index contributed by atoms with van der Waals surface area (Å²) in [7, 11) is 0. The summed E-state index contributed by atoms with van der Waals surface area (Å²) in [5.74, 6) is -1.57. The lowest BCUT2D eigenvalue weighted by Gasteiger charge is -2.24. The third-order valence-corrected chi connectivity index (χ3v) is 6.25. The van der Waals surface area contributed by atoms with Crippen molar-refractivity contribution in [2.75, 3.05) is 30.3 Å². The van der Waals surface area contributed by atoms with Crippen molar-refractivity contribution in [1.82, 2.24) is 9.88 Å². The van der Waals surface area contributed by atoms with Crippen LogP contribution < -0.4 is 21.4 Å². The van der Waals surface area contributed by atoms with Crippen LogP contribution in [0.2, 0.25) is 0 Å². The Bertz CT molecular complexity index is 1030. The molecule has 0 amide bonds. The maximum Gasteiger partial charge on any atom is 0.341 e. The number of benzene rings is 1. The lowest BCUT2D eigenvalue weighted by molar-refractivity contribution is 0.0695. The molecular weight excluding hydrogens is 375 g/mol. The Balaban J connectivity index is 1.83. The highest BCUT2D eigenvalue weighted by atomic mass is 19.1. The van der Waals surface area contributed by atoms with Gasteiger partial charge in [0.05, 0.1) is 22.3 Å². The van der Waals surface area contributed by atoms with Crippen molar-refractivity contribution in [2.24, 2.45) is 5.92 Å². The van der Waals surface area contributed by atoms with E-state index in [9.17, 15) is 14.7 Å². The molecule has 2 atom stereocenters. The summed E-state index contributed by atoms with van der Waals surface area (Å²) in [5, 5.41) is 12.8. The number of nitrogens with one attached hydrogen (secondary N) is 1. The molecule has 2 aliphatic rings. The summed E-state index contributed by atoms with van der Waals surface area (Å²) in [6.07, 6.45) is 4.12. The topological polar surface area (TPSA) is 101 Å². The molecule has 4 rings (SSSR count). The first-order chi connectivity index (χ1) is 13.8. The number of aromatic carboxylic acids is 1. The number of fused-ring (bicyclic) bond motifs is 1. The monoisotopic (exact) mass is 402 g/mol. The van der Waals surface area contributed by atoms with Crippen molar-refractivity contribution in [3.05, 3.63) is 33.9 Å². The number of anilines is 2.